The summed E-state index contributed by atoms with van der Waals surface area (Å²) in [7, 11) is 0. The van der Waals surface area contributed by atoms with Crippen LogP contribution in [0.25, 0.3) is 10.4 Å². The Labute approximate surface area is 142 Å². The number of anilines is 1. The molecular weight excluding hydrogens is 324 g/mol. The molecule has 0 radical (unpaired) electrons. The number of nitrogens with one attached hydrogen (secondary N) is 1. The molecule has 1 N–H and O–H groups in total. The molecule has 0 aliphatic carbocycles. The highest BCUT2D eigenvalue weighted by Gasteiger charge is 2.29. The van der Waals surface area contributed by atoms with Crippen molar-refractivity contribution in [3.63, 3.8) is 0 Å². The fraction of sp³-hybridized carbons (Fsp3) is 0.111. The maximum atomic E-state index is 12.6. The topological polar surface area (TPSA) is 42.0 Å². The van der Waals surface area contributed by atoms with Crippen molar-refractivity contribution in [1.29, 1.82) is 0 Å². The number of hydrogen-bond acceptors (Lipinski definition) is 4. The number of benzene rings is 2. The number of nitrogens with zero attached hydrogens (tertiary/aromatic N) is 1. The van der Waals surface area contributed by atoms with Gasteiger partial charge in [0.1, 0.15) is 0 Å². The van der Waals surface area contributed by atoms with E-state index in [0.717, 1.165) is 21.8 Å². The van der Waals surface area contributed by atoms with Crippen molar-refractivity contribution < 1.29 is 4.79 Å². The number of thiazole rings is 1. The smallest absolute Gasteiger partial charge is 0.234 e. The van der Waals surface area contributed by atoms with Gasteiger partial charge in [0, 0.05) is 16.8 Å². The Morgan fingerprint density at radius 1 is 1.09 bits per heavy atom. The Morgan fingerprint density at radius 2 is 1.87 bits per heavy atom. The van der Waals surface area contributed by atoms with Crippen molar-refractivity contribution in [3.8, 4) is 10.4 Å². The van der Waals surface area contributed by atoms with Crippen molar-refractivity contribution in [1.82, 2.24) is 4.98 Å². The molecule has 1 amide bonds. The van der Waals surface area contributed by atoms with E-state index in [1.165, 1.54) is 16.2 Å². The van der Waals surface area contributed by atoms with Crippen LogP contribution in [-0.2, 0) is 4.79 Å². The van der Waals surface area contributed by atoms with E-state index < -0.39 is 0 Å². The standard InChI is InChI=1S/C18H14N2OS2/c21-17(14-11-22-15-9-5-4-8-13(14)15)20-18-19-10-16(23-18)12-6-2-1-3-7-12/h1-10,14H,11H2,(H,19,20,21). The van der Waals surface area contributed by atoms with Crippen molar-refractivity contribution >= 4 is 34.1 Å². The summed E-state index contributed by atoms with van der Waals surface area (Å²) in [5.74, 6) is 0.721. The van der Waals surface area contributed by atoms with E-state index in [1.54, 1.807) is 11.8 Å². The van der Waals surface area contributed by atoms with Crippen molar-refractivity contribution in [2.45, 2.75) is 10.8 Å². The Balaban J connectivity index is 1.51. The van der Waals surface area contributed by atoms with Crippen LogP contribution in [0.1, 0.15) is 11.5 Å². The summed E-state index contributed by atoms with van der Waals surface area (Å²) in [6, 6.07) is 18.2. The molecule has 3 nitrogen and oxygen atoms in total. The number of carbonyl (C=O) groups is 1. The maximum Gasteiger partial charge on any atom is 0.234 e. The molecule has 1 aliphatic rings. The highest BCUT2D eigenvalue weighted by atomic mass is 32.2. The van der Waals surface area contributed by atoms with Crippen LogP contribution in [0.2, 0.25) is 0 Å². The largest absolute Gasteiger partial charge is 0.301 e. The lowest BCUT2D eigenvalue weighted by atomic mass is 10.0. The van der Waals surface area contributed by atoms with Crippen LogP contribution in [0.3, 0.4) is 0 Å². The SMILES string of the molecule is O=C(Nc1ncc(-c2ccccc2)s1)C1CSc2ccccc21. The molecule has 0 bridgehead atoms. The lowest BCUT2D eigenvalue weighted by Gasteiger charge is -2.09. The number of fused-ring (bicyclic) bond motifs is 1. The summed E-state index contributed by atoms with van der Waals surface area (Å²) >= 11 is 3.24. The van der Waals surface area contributed by atoms with Gasteiger partial charge in [0.2, 0.25) is 5.91 Å². The third kappa shape index (κ3) is 2.90. The van der Waals surface area contributed by atoms with Crippen LogP contribution in [-0.4, -0.2) is 16.6 Å². The second-order valence-corrected chi connectivity index (χ2v) is 7.38. The number of carbonyl (C=O) groups excluding carboxylic acids is 1. The number of rotatable bonds is 3. The zero-order valence-electron chi connectivity index (χ0n) is 12.2. The Bertz CT molecular complexity index is 845. The molecule has 1 unspecified atom stereocenters. The van der Waals surface area contributed by atoms with E-state index in [4.69, 9.17) is 0 Å². The summed E-state index contributed by atoms with van der Waals surface area (Å²) in [5.41, 5.74) is 2.24. The maximum absolute atomic E-state index is 12.6. The fourth-order valence-electron chi connectivity index (χ4n) is 2.64. The van der Waals surface area contributed by atoms with E-state index in [-0.39, 0.29) is 11.8 Å². The zero-order valence-corrected chi connectivity index (χ0v) is 13.9. The molecule has 2 heterocycles. The molecule has 0 fully saturated rings. The van der Waals surface area contributed by atoms with Crippen molar-refractivity contribution in [2.75, 3.05) is 11.1 Å². The normalized spacial score (nSPS) is 16.1. The number of amides is 1. The lowest BCUT2D eigenvalue weighted by Crippen LogP contribution is -2.20. The minimum atomic E-state index is -0.0970. The van der Waals surface area contributed by atoms with Crippen LogP contribution in [0.15, 0.2) is 65.7 Å². The number of hydrogen-bond donors (Lipinski definition) is 1. The van der Waals surface area contributed by atoms with Gasteiger partial charge < -0.3 is 5.32 Å². The summed E-state index contributed by atoms with van der Waals surface area (Å²) in [6.45, 7) is 0. The van der Waals surface area contributed by atoms with Crippen LogP contribution in [0.5, 0.6) is 0 Å². The van der Waals surface area contributed by atoms with Gasteiger partial charge >= 0.3 is 0 Å². The van der Waals surface area contributed by atoms with Gasteiger partial charge in [0.25, 0.3) is 0 Å². The summed E-state index contributed by atoms with van der Waals surface area (Å²) in [5, 5.41) is 3.63. The van der Waals surface area contributed by atoms with Gasteiger partial charge in [-0.05, 0) is 17.2 Å². The van der Waals surface area contributed by atoms with Gasteiger partial charge in [-0.2, -0.15) is 0 Å². The predicted molar refractivity (Wildman–Crippen MR) is 96.1 cm³/mol. The third-order valence-electron chi connectivity index (χ3n) is 3.81. The van der Waals surface area contributed by atoms with Gasteiger partial charge in [0.15, 0.2) is 5.13 Å². The third-order valence-corrected chi connectivity index (χ3v) is 5.96. The average molecular weight is 338 g/mol. The quantitative estimate of drug-likeness (QED) is 0.756. The lowest BCUT2D eigenvalue weighted by molar-refractivity contribution is -0.117. The average Bonchev–Trinajstić information content (AvgIpc) is 3.22. The fourth-order valence-corrected chi connectivity index (χ4v) is 4.69. The van der Waals surface area contributed by atoms with Gasteiger partial charge in [0.05, 0.1) is 10.8 Å². The van der Waals surface area contributed by atoms with Crippen LogP contribution < -0.4 is 5.32 Å². The van der Waals surface area contributed by atoms with Gasteiger partial charge in [-0.15, -0.1) is 11.8 Å². The monoisotopic (exact) mass is 338 g/mol. The van der Waals surface area contributed by atoms with E-state index in [2.05, 4.69) is 16.4 Å². The van der Waals surface area contributed by atoms with E-state index >= 15 is 0 Å². The molecule has 0 saturated carbocycles. The van der Waals surface area contributed by atoms with Gasteiger partial charge in [-0.25, -0.2) is 4.98 Å². The first-order chi connectivity index (χ1) is 11.3. The number of aromatic nitrogens is 1. The first-order valence-corrected chi connectivity index (χ1v) is 9.15. The van der Waals surface area contributed by atoms with Crippen LogP contribution in [0, 0.1) is 0 Å². The predicted octanol–water partition coefficient (Wildman–Crippen LogP) is 4.64. The van der Waals surface area contributed by atoms with E-state index in [9.17, 15) is 4.79 Å². The summed E-state index contributed by atoms with van der Waals surface area (Å²) in [4.78, 5) is 19.2. The van der Waals surface area contributed by atoms with Crippen LogP contribution in [0.4, 0.5) is 5.13 Å². The molecule has 5 heteroatoms. The highest BCUT2D eigenvalue weighted by molar-refractivity contribution is 7.99. The Hall–Kier alpha value is -2.11. The second kappa shape index (κ2) is 6.18. The molecule has 114 valence electrons. The molecular formula is C18H14N2OS2. The number of thioether (sulfide) groups is 1. The summed E-state index contributed by atoms with van der Waals surface area (Å²) < 4.78 is 0. The molecule has 23 heavy (non-hydrogen) atoms. The molecule has 0 saturated heterocycles. The first kappa shape index (κ1) is 14.5. The Morgan fingerprint density at radius 3 is 2.74 bits per heavy atom. The molecule has 1 atom stereocenters. The van der Waals surface area contributed by atoms with E-state index in [0.29, 0.717) is 5.13 Å². The molecule has 1 aromatic heterocycles. The molecule has 2 aromatic carbocycles. The minimum Gasteiger partial charge on any atom is -0.301 e. The zero-order chi connectivity index (χ0) is 15.6. The summed E-state index contributed by atoms with van der Waals surface area (Å²) in [6.07, 6.45) is 1.81. The highest BCUT2D eigenvalue weighted by Crippen LogP contribution is 2.40. The molecule has 1 aliphatic heterocycles. The van der Waals surface area contributed by atoms with Gasteiger partial charge in [-0.1, -0.05) is 59.9 Å². The molecule has 3 aromatic rings. The van der Waals surface area contributed by atoms with Crippen LogP contribution >= 0.6 is 23.1 Å². The minimum absolute atomic E-state index is 0.0245. The first-order valence-electron chi connectivity index (χ1n) is 7.35. The van der Waals surface area contributed by atoms with Crippen molar-refractivity contribution in [2.24, 2.45) is 0 Å². The molecule has 4 rings (SSSR count). The Kier molecular flexibility index (Phi) is 3.89. The second-order valence-electron chi connectivity index (χ2n) is 5.29. The van der Waals surface area contributed by atoms with Gasteiger partial charge in [-0.3, -0.25) is 4.79 Å². The van der Waals surface area contributed by atoms with Crippen molar-refractivity contribution in [3.05, 3.63) is 66.4 Å². The van der Waals surface area contributed by atoms with E-state index in [1.807, 2.05) is 54.7 Å². The molecule has 0 spiro atoms.